The van der Waals surface area contributed by atoms with Crippen molar-refractivity contribution in [2.75, 3.05) is 6.61 Å². The van der Waals surface area contributed by atoms with Crippen LogP contribution < -0.4 is 0 Å². The topological polar surface area (TPSA) is 27.1 Å². The first kappa shape index (κ1) is 10.7. The highest BCUT2D eigenvalue weighted by Crippen LogP contribution is 2.20. The monoisotopic (exact) mass is 208 g/mol. The highest BCUT2D eigenvalue weighted by Gasteiger charge is 2.13. The fourth-order valence-corrected chi connectivity index (χ4v) is 2.19. The molecule has 1 aromatic heterocycles. The van der Waals surface area contributed by atoms with Gasteiger partial charge in [-0.05, 0) is 19.8 Å². The van der Waals surface area contributed by atoms with Gasteiger partial charge in [0.2, 0.25) is 0 Å². The molecule has 0 spiro atoms. The first-order valence-corrected chi connectivity index (χ1v) is 5.95. The molecule has 1 saturated carbocycles. The van der Waals surface area contributed by atoms with Gasteiger partial charge >= 0.3 is 0 Å². The summed E-state index contributed by atoms with van der Waals surface area (Å²) in [7, 11) is 0. The summed E-state index contributed by atoms with van der Waals surface area (Å²) >= 11 is 0. The molecule has 1 aliphatic carbocycles. The second-order valence-electron chi connectivity index (χ2n) is 4.30. The van der Waals surface area contributed by atoms with E-state index >= 15 is 0 Å². The van der Waals surface area contributed by atoms with Crippen LogP contribution in [-0.2, 0) is 11.3 Å². The Labute approximate surface area is 91.5 Å². The van der Waals surface area contributed by atoms with Crippen molar-refractivity contribution in [3.63, 3.8) is 0 Å². The minimum absolute atomic E-state index is 0.516. The minimum Gasteiger partial charge on any atom is -0.376 e. The predicted molar refractivity (Wildman–Crippen MR) is 59.8 cm³/mol. The lowest BCUT2D eigenvalue weighted by Crippen LogP contribution is -2.19. The molecule has 3 heteroatoms. The van der Waals surface area contributed by atoms with Crippen LogP contribution in [-0.4, -0.2) is 22.3 Å². The van der Waals surface area contributed by atoms with E-state index in [4.69, 9.17) is 4.74 Å². The van der Waals surface area contributed by atoms with Crippen molar-refractivity contribution in [1.82, 2.24) is 9.55 Å². The predicted octanol–water partition coefficient (Wildman–Crippen LogP) is 2.54. The Morgan fingerprint density at radius 1 is 1.40 bits per heavy atom. The summed E-state index contributed by atoms with van der Waals surface area (Å²) in [5.74, 6) is 1.07. The van der Waals surface area contributed by atoms with Crippen LogP contribution in [0, 0.1) is 6.92 Å². The SMILES string of the molecule is Cc1nccn1CCOC1CCCCC1. The maximum absolute atomic E-state index is 5.86. The van der Waals surface area contributed by atoms with E-state index in [1.165, 1.54) is 32.1 Å². The molecule has 1 fully saturated rings. The van der Waals surface area contributed by atoms with Crippen molar-refractivity contribution in [1.29, 1.82) is 0 Å². The second kappa shape index (κ2) is 5.31. The van der Waals surface area contributed by atoms with Gasteiger partial charge < -0.3 is 9.30 Å². The molecular weight excluding hydrogens is 188 g/mol. The number of ether oxygens (including phenoxy) is 1. The van der Waals surface area contributed by atoms with Crippen LogP contribution in [0.2, 0.25) is 0 Å². The van der Waals surface area contributed by atoms with Crippen LogP contribution in [0.25, 0.3) is 0 Å². The van der Waals surface area contributed by atoms with E-state index in [-0.39, 0.29) is 0 Å². The Morgan fingerprint density at radius 2 is 2.20 bits per heavy atom. The van der Waals surface area contributed by atoms with E-state index < -0.39 is 0 Å². The van der Waals surface area contributed by atoms with Crippen molar-refractivity contribution in [3.8, 4) is 0 Å². The van der Waals surface area contributed by atoms with Crippen LogP contribution in [0.15, 0.2) is 12.4 Å². The Hall–Kier alpha value is -0.830. The van der Waals surface area contributed by atoms with Gasteiger partial charge in [-0.15, -0.1) is 0 Å². The Bertz CT molecular complexity index is 290. The number of nitrogens with zero attached hydrogens (tertiary/aromatic N) is 2. The smallest absolute Gasteiger partial charge is 0.105 e. The van der Waals surface area contributed by atoms with E-state index in [0.717, 1.165) is 19.0 Å². The number of aryl methyl sites for hydroxylation is 1. The Morgan fingerprint density at radius 3 is 2.87 bits per heavy atom. The molecule has 0 atom stereocenters. The van der Waals surface area contributed by atoms with Gasteiger partial charge in [-0.1, -0.05) is 19.3 Å². The largest absolute Gasteiger partial charge is 0.376 e. The van der Waals surface area contributed by atoms with E-state index in [9.17, 15) is 0 Å². The molecule has 0 saturated heterocycles. The lowest BCUT2D eigenvalue weighted by Gasteiger charge is -2.22. The first-order chi connectivity index (χ1) is 7.36. The summed E-state index contributed by atoms with van der Waals surface area (Å²) in [6, 6.07) is 0. The van der Waals surface area contributed by atoms with Crippen molar-refractivity contribution < 1.29 is 4.74 Å². The van der Waals surface area contributed by atoms with Gasteiger partial charge in [0, 0.05) is 18.9 Å². The summed E-state index contributed by atoms with van der Waals surface area (Å²) < 4.78 is 8.00. The van der Waals surface area contributed by atoms with E-state index in [1.54, 1.807) is 0 Å². The van der Waals surface area contributed by atoms with Crippen LogP contribution in [0.1, 0.15) is 37.9 Å². The van der Waals surface area contributed by atoms with Gasteiger partial charge in [0.05, 0.1) is 12.7 Å². The van der Waals surface area contributed by atoms with Crippen molar-refractivity contribution >= 4 is 0 Å². The molecule has 0 aliphatic heterocycles. The summed E-state index contributed by atoms with van der Waals surface area (Å²) in [5, 5.41) is 0. The second-order valence-corrected chi connectivity index (χ2v) is 4.30. The molecule has 0 unspecified atom stereocenters. The summed E-state index contributed by atoms with van der Waals surface area (Å²) in [5.41, 5.74) is 0. The van der Waals surface area contributed by atoms with Crippen molar-refractivity contribution in [2.45, 2.75) is 51.7 Å². The quantitative estimate of drug-likeness (QED) is 0.760. The third-order valence-electron chi connectivity index (χ3n) is 3.16. The average Bonchev–Trinajstić information content (AvgIpc) is 2.66. The molecule has 0 N–H and O–H groups in total. The third-order valence-corrected chi connectivity index (χ3v) is 3.16. The normalized spacial score (nSPS) is 18.2. The zero-order valence-electron chi connectivity index (χ0n) is 9.48. The number of hydrogen-bond acceptors (Lipinski definition) is 2. The van der Waals surface area contributed by atoms with E-state index in [1.807, 2.05) is 19.3 Å². The van der Waals surface area contributed by atoms with Gasteiger partial charge in [-0.2, -0.15) is 0 Å². The lowest BCUT2D eigenvalue weighted by molar-refractivity contribution is 0.0239. The fraction of sp³-hybridized carbons (Fsp3) is 0.750. The Balaban J connectivity index is 1.68. The number of aromatic nitrogens is 2. The minimum atomic E-state index is 0.516. The number of imidazole rings is 1. The molecule has 0 aromatic carbocycles. The van der Waals surface area contributed by atoms with E-state index in [0.29, 0.717) is 6.10 Å². The summed E-state index contributed by atoms with van der Waals surface area (Å²) in [6.45, 7) is 3.78. The highest BCUT2D eigenvalue weighted by molar-refractivity contribution is 4.88. The molecule has 0 amide bonds. The average molecular weight is 208 g/mol. The van der Waals surface area contributed by atoms with Crippen molar-refractivity contribution in [3.05, 3.63) is 18.2 Å². The van der Waals surface area contributed by atoms with Crippen LogP contribution in [0.5, 0.6) is 0 Å². The number of hydrogen-bond donors (Lipinski definition) is 0. The zero-order chi connectivity index (χ0) is 10.5. The fourth-order valence-electron chi connectivity index (χ4n) is 2.19. The Kier molecular flexibility index (Phi) is 3.78. The van der Waals surface area contributed by atoms with Crippen LogP contribution in [0.3, 0.4) is 0 Å². The highest BCUT2D eigenvalue weighted by atomic mass is 16.5. The molecule has 2 rings (SSSR count). The maximum atomic E-state index is 5.86. The third kappa shape index (κ3) is 3.06. The molecular formula is C12H20N2O. The molecule has 1 aliphatic rings. The van der Waals surface area contributed by atoms with Gasteiger partial charge in [0.1, 0.15) is 5.82 Å². The first-order valence-electron chi connectivity index (χ1n) is 5.95. The van der Waals surface area contributed by atoms with Gasteiger partial charge in [0.25, 0.3) is 0 Å². The zero-order valence-corrected chi connectivity index (χ0v) is 9.48. The standard InChI is InChI=1S/C12H20N2O/c1-11-13-7-8-14(11)9-10-15-12-5-3-2-4-6-12/h7-8,12H,2-6,9-10H2,1H3. The lowest BCUT2D eigenvalue weighted by atomic mass is 9.98. The maximum Gasteiger partial charge on any atom is 0.105 e. The molecule has 3 nitrogen and oxygen atoms in total. The van der Waals surface area contributed by atoms with Crippen LogP contribution in [0.4, 0.5) is 0 Å². The molecule has 0 radical (unpaired) electrons. The van der Waals surface area contributed by atoms with Crippen LogP contribution >= 0.6 is 0 Å². The van der Waals surface area contributed by atoms with Gasteiger partial charge in [-0.25, -0.2) is 4.98 Å². The molecule has 1 heterocycles. The molecule has 84 valence electrons. The number of rotatable bonds is 4. The summed E-state index contributed by atoms with van der Waals surface area (Å²) in [4.78, 5) is 4.19. The summed E-state index contributed by atoms with van der Waals surface area (Å²) in [6.07, 6.45) is 11.0. The van der Waals surface area contributed by atoms with Crippen molar-refractivity contribution in [2.24, 2.45) is 0 Å². The molecule has 0 bridgehead atoms. The molecule has 1 aromatic rings. The van der Waals surface area contributed by atoms with Gasteiger partial charge in [0.15, 0.2) is 0 Å². The van der Waals surface area contributed by atoms with Gasteiger partial charge in [-0.3, -0.25) is 0 Å². The van der Waals surface area contributed by atoms with E-state index in [2.05, 4.69) is 9.55 Å². The molecule has 15 heavy (non-hydrogen) atoms.